The van der Waals surface area contributed by atoms with Gasteiger partial charge in [0.2, 0.25) is 0 Å². The van der Waals surface area contributed by atoms with E-state index in [2.05, 4.69) is 22.4 Å². The minimum atomic E-state index is -1.01. The maximum Gasteiger partial charge on any atom is 0.318 e. The van der Waals surface area contributed by atoms with E-state index in [-0.39, 0.29) is 24.6 Å². The Balaban J connectivity index is 1.41. The lowest BCUT2D eigenvalue weighted by Gasteiger charge is -2.42. The normalized spacial score (nSPS) is 25.6. The van der Waals surface area contributed by atoms with Crippen LogP contribution in [0.25, 0.3) is 0 Å². The molecule has 188 valence electrons. The molecule has 0 radical (unpaired) electrons. The van der Waals surface area contributed by atoms with E-state index < -0.39 is 17.8 Å². The summed E-state index contributed by atoms with van der Waals surface area (Å²) < 4.78 is 25.8. The highest BCUT2D eigenvalue weighted by Crippen LogP contribution is 2.39. The van der Waals surface area contributed by atoms with Gasteiger partial charge in [0.1, 0.15) is 12.4 Å². The zero-order valence-corrected chi connectivity index (χ0v) is 20.3. The number of fused-ring (bicyclic) bond motifs is 2. The third kappa shape index (κ3) is 4.59. The zero-order valence-electron chi connectivity index (χ0n) is 20.3. The number of amides is 1. The van der Waals surface area contributed by atoms with Crippen LogP contribution in [0.4, 0.5) is 10.2 Å². The quantitative estimate of drug-likeness (QED) is 0.568. The molecule has 3 saturated heterocycles. The minimum Gasteiger partial charge on any atom is -0.461 e. The minimum absolute atomic E-state index is 0.0493. The molecule has 5 rings (SSSR count). The summed E-state index contributed by atoms with van der Waals surface area (Å²) in [7, 11) is 0. The standard InChI is InChI=1S/C25H33FN6O3/c1-17-13-21-20(15-34-17)22(30-11-12-32(23(33)18(2)26)19(14-30)5-8-27)29-24(28-21)35-16-25-6-3-9-31(25)10-4-7-25/h17,19H,2-7,9-16H2,1H3/t17?,19-/m0/s1. The molecule has 1 amide bonds. The molecule has 1 aromatic heterocycles. The molecule has 10 heteroatoms. The number of halogens is 1. The molecule has 5 heterocycles. The monoisotopic (exact) mass is 484 g/mol. The van der Waals surface area contributed by atoms with E-state index in [1.807, 2.05) is 6.92 Å². The number of piperazine rings is 1. The van der Waals surface area contributed by atoms with Crippen molar-refractivity contribution in [2.75, 3.05) is 44.2 Å². The number of hydrogen-bond acceptors (Lipinski definition) is 8. The Morgan fingerprint density at radius 1 is 1.29 bits per heavy atom. The number of aromatic nitrogens is 2. The largest absolute Gasteiger partial charge is 0.461 e. The Hall–Kier alpha value is -2.77. The van der Waals surface area contributed by atoms with E-state index in [4.69, 9.17) is 19.4 Å². The molecule has 0 aliphatic carbocycles. The van der Waals surface area contributed by atoms with Crippen LogP contribution in [-0.2, 0) is 22.6 Å². The molecule has 35 heavy (non-hydrogen) atoms. The molecule has 1 aromatic rings. The van der Waals surface area contributed by atoms with Crippen molar-refractivity contribution < 1.29 is 18.7 Å². The molecular weight excluding hydrogens is 451 g/mol. The fourth-order valence-electron chi connectivity index (χ4n) is 6.11. The molecule has 2 atom stereocenters. The number of carbonyl (C=O) groups is 1. The van der Waals surface area contributed by atoms with Gasteiger partial charge in [0.15, 0.2) is 5.83 Å². The third-order valence-electron chi connectivity index (χ3n) is 7.93. The molecule has 4 aliphatic heterocycles. The maximum absolute atomic E-state index is 13.6. The smallest absolute Gasteiger partial charge is 0.318 e. The van der Waals surface area contributed by atoms with Crippen LogP contribution in [-0.4, -0.2) is 82.7 Å². The van der Waals surface area contributed by atoms with Crippen molar-refractivity contribution in [3.63, 3.8) is 0 Å². The van der Waals surface area contributed by atoms with Crippen molar-refractivity contribution >= 4 is 11.7 Å². The summed E-state index contributed by atoms with van der Waals surface area (Å²) >= 11 is 0. The molecular formula is C25H33FN6O3. The second-order valence-corrected chi connectivity index (χ2v) is 10.2. The van der Waals surface area contributed by atoms with Crippen molar-refractivity contribution in [2.24, 2.45) is 0 Å². The van der Waals surface area contributed by atoms with Crippen LogP contribution in [0.5, 0.6) is 6.01 Å². The van der Waals surface area contributed by atoms with Gasteiger partial charge in [-0.3, -0.25) is 9.69 Å². The average molecular weight is 485 g/mol. The number of hydrogen-bond donors (Lipinski definition) is 0. The third-order valence-corrected chi connectivity index (χ3v) is 7.93. The Morgan fingerprint density at radius 2 is 2.06 bits per heavy atom. The molecule has 4 aliphatic rings. The molecule has 1 unspecified atom stereocenters. The fourth-order valence-corrected chi connectivity index (χ4v) is 6.11. The predicted molar refractivity (Wildman–Crippen MR) is 126 cm³/mol. The molecule has 0 bridgehead atoms. The SMILES string of the molecule is C=C(F)C(=O)N1CCN(c2nc(OCC34CCCN3CCC4)nc3c2COC(C)C3)C[C@@H]1CC#N. The van der Waals surface area contributed by atoms with Crippen LogP contribution < -0.4 is 9.64 Å². The van der Waals surface area contributed by atoms with Gasteiger partial charge < -0.3 is 19.3 Å². The second-order valence-electron chi connectivity index (χ2n) is 10.2. The Bertz CT molecular complexity index is 1030. The van der Waals surface area contributed by atoms with Gasteiger partial charge in [-0.15, -0.1) is 0 Å². The predicted octanol–water partition coefficient (Wildman–Crippen LogP) is 2.36. The number of nitriles is 1. The fraction of sp³-hybridized carbons (Fsp3) is 0.680. The van der Waals surface area contributed by atoms with Crippen molar-refractivity contribution in [3.8, 4) is 12.1 Å². The van der Waals surface area contributed by atoms with Gasteiger partial charge in [0.05, 0.1) is 42.5 Å². The number of nitrogens with zero attached hydrogens (tertiary/aromatic N) is 6. The summed E-state index contributed by atoms with van der Waals surface area (Å²) in [6.07, 6.45) is 5.49. The summed E-state index contributed by atoms with van der Waals surface area (Å²) in [6, 6.07) is 2.03. The van der Waals surface area contributed by atoms with Crippen molar-refractivity contribution in [3.05, 3.63) is 23.7 Å². The van der Waals surface area contributed by atoms with Crippen molar-refractivity contribution in [1.82, 2.24) is 19.8 Å². The Kier molecular flexibility index (Phi) is 6.64. The van der Waals surface area contributed by atoms with E-state index in [0.29, 0.717) is 38.7 Å². The molecule has 9 nitrogen and oxygen atoms in total. The van der Waals surface area contributed by atoms with Crippen LogP contribution in [0.2, 0.25) is 0 Å². The number of carbonyl (C=O) groups excluding carboxylic acids is 1. The maximum atomic E-state index is 13.6. The van der Waals surface area contributed by atoms with E-state index in [9.17, 15) is 14.4 Å². The average Bonchev–Trinajstić information content (AvgIpc) is 3.42. The van der Waals surface area contributed by atoms with Gasteiger partial charge in [-0.25, -0.2) is 4.39 Å². The molecule has 0 saturated carbocycles. The number of anilines is 1. The number of rotatable bonds is 6. The highest BCUT2D eigenvalue weighted by atomic mass is 19.1. The summed E-state index contributed by atoms with van der Waals surface area (Å²) in [4.78, 5) is 27.9. The first-order chi connectivity index (χ1) is 16.9. The van der Waals surface area contributed by atoms with Crippen LogP contribution in [0, 0.1) is 11.3 Å². The molecule has 0 aromatic carbocycles. The Labute approximate surface area is 205 Å². The van der Waals surface area contributed by atoms with Gasteiger partial charge in [-0.1, -0.05) is 6.58 Å². The van der Waals surface area contributed by atoms with Crippen LogP contribution in [0.3, 0.4) is 0 Å². The van der Waals surface area contributed by atoms with E-state index >= 15 is 0 Å². The Morgan fingerprint density at radius 3 is 2.77 bits per heavy atom. The highest BCUT2D eigenvalue weighted by molar-refractivity contribution is 5.91. The van der Waals surface area contributed by atoms with Crippen LogP contribution in [0.15, 0.2) is 12.4 Å². The van der Waals surface area contributed by atoms with E-state index in [1.165, 1.54) is 17.7 Å². The van der Waals surface area contributed by atoms with E-state index in [0.717, 1.165) is 43.0 Å². The highest BCUT2D eigenvalue weighted by Gasteiger charge is 2.45. The second kappa shape index (κ2) is 9.70. The summed E-state index contributed by atoms with van der Waals surface area (Å²) in [5.41, 5.74) is 1.93. The lowest BCUT2D eigenvalue weighted by atomic mass is 9.95. The molecule has 0 N–H and O–H groups in total. The number of ether oxygens (including phenoxy) is 2. The summed E-state index contributed by atoms with van der Waals surface area (Å²) in [6.45, 7) is 9.49. The molecule has 0 spiro atoms. The lowest BCUT2D eigenvalue weighted by Crippen LogP contribution is -2.55. The lowest BCUT2D eigenvalue weighted by molar-refractivity contribution is -0.131. The van der Waals surface area contributed by atoms with Gasteiger partial charge in [-0.05, 0) is 45.7 Å². The zero-order chi connectivity index (χ0) is 24.6. The van der Waals surface area contributed by atoms with Crippen LogP contribution in [0.1, 0.15) is 50.3 Å². The van der Waals surface area contributed by atoms with E-state index in [1.54, 1.807) is 0 Å². The van der Waals surface area contributed by atoms with Crippen molar-refractivity contribution in [2.45, 2.75) is 69.7 Å². The van der Waals surface area contributed by atoms with Gasteiger partial charge >= 0.3 is 6.01 Å². The van der Waals surface area contributed by atoms with Gasteiger partial charge in [0.25, 0.3) is 5.91 Å². The van der Waals surface area contributed by atoms with Crippen LogP contribution >= 0.6 is 0 Å². The van der Waals surface area contributed by atoms with Gasteiger partial charge in [-0.2, -0.15) is 15.2 Å². The first-order valence-corrected chi connectivity index (χ1v) is 12.6. The molecule has 3 fully saturated rings. The summed E-state index contributed by atoms with van der Waals surface area (Å²) in [5.74, 6) is -1.04. The van der Waals surface area contributed by atoms with Gasteiger partial charge in [0, 0.05) is 31.6 Å². The van der Waals surface area contributed by atoms with Crippen molar-refractivity contribution in [1.29, 1.82) is 5.26 Å². The first-order valence-electron chi connectivity index (χ1n) is 12.6. The first kappa shape index (κ1) is 23.9. The summed E-state index contributed by atoms with van der Waals surface area (Å²) in [5, 5.41) is 9.33. The topological polar surface area (TPSA) is 94.8 Å².